The van der Waals surface area contributed by atoms with E-state index in [9.17, 15) is 32.7 Å². The van der Waals surface area contributed by atoms with Crippen LogP contribution in [0.4, 0.5) is 4.79 Å². The molecule has 3 fully saturated rings. The van der Waals surface area contributed by atoms with Gasteiger partial charge in [0.1, 0.15) is 23.2 Å². The van der Waals surface area contributed by atoms with Gasteiger partial charge in [-0.05, 0) is 59.3 Å². The average molecular weight is 627 g/mol. The van der Waals surface area contributed by atoms with Gasteiger partial charge in [0.25, 0.3) is 5.91 Å². The number of β-amino-alcohol motifs (C(OH)–C–C–N with tert-alkyl or cyclic N) is 1. The number of nitrogens with one attached hydrogen (secondary N) is 3. The molecule has 7 atom stereocenters. The van der Waals surface area contributed by atoms with Gasteiger partial charge < -0.3 is 30.1 Å². The minimum absolute atomic E-state index is 0.110. The Bertz CT molecular complexity index is 1210. The van der Waals surface area contributed by atoms with Crippen LogP contribution in [-0.2, 0) is 33.9 Å². The second-order valence-corrected chi connectivity index (χ2v) is 14.8. The van der Waals surface area contributed by atoms with E-state index in [1.807, 2.05) is 6.92 Å². The molecule has 2 saturated carbocycles. The maximum Gasteiger partial charge on any atom is 0.408 e. The zero-order chi connectivity index (χ0) is 32.3. The summed E-state index contributed by atoms with van der Waals surface area (Å²) in [5.41, 5.74) is -2.37. The molecule has 0 aromatic heterocycles. The minimum atomic E-state index is -3.87. The summed E-state index contributed by atoms with van der Waals surface area (Å²) >= 11 is 0. The summed E-state index contributed by atoms with van der Waals surface area (Å²) in [7, 11) is -3.87. The first-order valence-corrected chi connectivity index (χ1v) is 16.2. The highest BCUT2D eigenvalue weighted by molar-refractivity contribution is 7.91. The summed E-state index contributed by atoms with van der Waals surface area (Å²) < 4.78 is 38.0. The lowest BCUT2D eigenvalue weighted by atomic mass is 9.94. The van der Waals surface area contributed by atoms with Gasteiger partial charge in [-0.1, -0.05) is 19.1 Å². The molecule has 242 valence electrons. The molecule has 1 aliphatic heterocycles. The smallest absolute Gasteiger partial charge is 0.408 e. The fraction of sp³-hybridized carbons (Fsp3) is 0.724. The van der Waals surface area contributed by atoms with E-state index in [2.05, 4.69) is 28.5 Å². The van der Waals surface area contributed by atoms with Crippen molar-refractivity contribution in [2.24, 2.45) is 11.8 Å². The molecule has 14 heteroatoms. The number of amides is 4. The van der Waals surface area contributed by atoms with E-state index in [4.69, 9.17) is 9.47 Å². The van der Waals surface area contributed by atoms with E-state index in [1.165, 1.54) is 11.0 Å². The number of rotatable bonds is 14. The SMILES string of the molecule is C=CCO[C@@H](C)C[C@@H](C)[C@H](NC(=O)OC(C)(C)C)C(=O)N1C[C@H](O)C[C@H]1C(=O)N[C@]1(C(=O)NS(=O)(=O)C2CC2)C[C@H]1C=C. The number of carbonyl (C=O) groups is 4. The molecule has 0 aromatic rings. The Balaban J connectivity index is 1.81. The highest BCUT2D eigenvalue weighted by Gasteiger charge is 2.62. The van der Waals surface area contributed by atoms with Crippen LogP contribution in [0, 0.1) is 11.8 Å². The van der Waals surface area contributed by atoms with E-state index >= 15 is 0 Å². The minimum Gasteiger partial charge on any atom is -0.444 e. The summed E-state index contributed by atoms with van der Waals surface area (Å²) in [6.07, 6.45) is 2.23. The molecule has 1 heterocycles. The van der Waals surface area contributed by atoms with Crippen LogP contribution in [-0.4, -0.2) is 96.1 Å². The normalized spacial score (nSPS) is 27.3. The van der Waals surface area contributed by atoms with Gasteiger partial charge in [-0.15, -0.1) is 13.2 Å². The Morgan fingerprint density at radius 2 is 1.81 bits per heavy atom. The Kier molecular flexibility index (Phi) is 10.7. The molecular weight excluding hydrogens is 580 g/mol. The van der Waals surface area contributed by atoms with Crippen LogP contribution in [0.5, 0.6) is 0 Å². The molecule has 13 nitrogen and oxygen atoms in total. The van der Waals surface area contributed by atoms with Crippen molar-refractivity contribution in [3.05, 3.63) is 25.3 Å². The molecular formula is C29H46N4O9S. The zero-order valence-corrected chi connectivity index (χ0v) is 26.4. The third-order valence-corrected chi connectivity index (χ3v) is 9.64. The predicted octanol–water partition coefficient (Wildman–Crippen LogP) is 1.13. The average Bonchev–Trinajstić information content (AvgIpc) is 3.81. The van der Waals surface area contributed by atoms with Gasteiger partial charge in [-0.25, -0.2) is 13.2 Å². The summed E-state index contributed by atoms with van der Waals surface area (Å²) in [5, 5.41) is 15.2. The number of likely N-dealkylation sites (tertiary alicyclic amines) is 1. The molecule has 4 N–H and O–H groups in total. The molecule has 0 bridgehead atoms. The fourth-order valence-electron chi connectivity index (χ4n) is 5.35. The van der Waals surface area contributed by atoms with E-state index in [-0.39, 0.29) is 25.5 Å². The molecule has 43 heavy (non-hydrogen) atoms. The standard InChI is InChI=1S/C29H46N4O9S/c1-8-12-41-18(4)13-17(3)23(30-27(38)42-28(5,6)7)25(36)33-16-20(34)14-22(33)24(35)31-29(15-19(29)9-2)26(37)32-43(39,40)21-10-11-21/h8-9,17-23,34H,1-2,10-16H2,3-7H3,(H,30,38)(H,31,35)(H,32,37)/t17-,18+,19-,20-,22+,23+,29-/m1/s1. The predicted molar refractivity (Wildman–Crippen MR) is 158 cm³/mol. The Hall–Kier alpha value is -2.97. The van der Waals surface area contributed by atoms with Crippen molar-refractivity contribution in [1.29, 1.82) is 0 Å². The number of aliphatic hydroxyl groups excluding tert-OH is 1. The second-order valence-electron chi connectivity index (χ2n) is 12.8. The number of ether oxygens (including phenoxy) is 2. The van der Waals surface area contributed by atoms with Crippen molar-refractivity contribution in [2.75, 3.05) is 13.2 Å². The largest absolute Gasteiger partial charge is 0.444 e. The van der Waals surface area contributed by atoms with Crippen LogP contribution in [0.1, 0.15) is 66.7 Å². The number of aliphatic hydroxyl groups is 1. The van der Waals surface area contributed by atoms with E-state index in [0.29, 0.717) is 25.9 Å². The van der Waals surface area contributed by atoms with Gasteiger partial charge in [-0.2, -0.15) is 0 Å². The number of hydrogen-bond acceptors (Lipinski definition) is 9. The quantitative estimate of drug-likeness (QED) is 0.206. The Labute approximate surface area is 253 Å². The van der Waals surface area contributed by atoms with Gasteiger partial charge in [0.15, 0.2) is 0 Å². The van der Waals surface area contributed by atoms with Crippen LogP contribution in [0.25, 0.3) is 0 Å². The summed E-state index contributed by atoms with van der Waals surface area (Å²) in [4.78, 5) is 54.7. The van der Waals surface area contributed by atoms with Gasteiger partial charge in [0.05, 0.1) is 24.1 Å². The lowest BCUT2D eigenvalue weighted by Crippen LogP contribution is -2.59. The number of nitrogens with zero attached hydrogens (tertiary/aromatic N) is 1. The maximum atomic E-state index is 14.0. The van der Waals surface area contributed by atoms with Gasteiger partial charge in [0, 0.05) is 18.9 Å². The molecule has 1 saturated heterocycles. The number of carbonyl (C=O) groups excluding carboxylic acids is 4. The lowest BCUT2D eigenvalue weighted by molar-refractivity contribution is -0.142. The molecule has 0 aromatic carbocycles. The van der Waals surface area contributed by atoms with Crippen molar-refractivity contribution in [2.45, 2.75) is 107 Å². The molecule has 3 aliphatic rings. The van der Waals surface area contributed by atoms with Crippen molar-refractivity contribution in [3.63, 3.8) is 0 Å². The molecule has 0 spiro atoms. The first kappa shape index (κ1) is 34.5. The highest BCUT2D eigenvalue weighted by atomic mass is 32.2. The molecule has 0 radical (unpaired) electrons. The number of sulfonamides is 1. The number of hydrogen-bond donors (Lipinski definition) is 4. The first-order chi connectivity index (χ1) is 19.9. The van der Waals surface area contributed by atoms with E-state index in [1.54, 1.807) is 33.8 Å². The Morgan fingerprint density at radius 1 is 1.16 bits per heavy atom. The third-order valence-electron chi connectivity index (χ3n) is 7.82. The van der Waals surface area contributed by atoms with Gasteiger partial charge >= 0.3 is 6.09 Å². The van der Waals surface area contributed by atoms with Crippen molar-refractivity contribution >= 4 is 33.8 Å². The Morgan fingerprint density at radius 3 is 2.35 bits per heavy atom. The van der Waals surface area contributed by atoms with Crippen LogP contribution in [0.2, 0.25) is 0 Å². The highest BCUT2D eigenvalue weighted by Crippen LogP contribution is 2.45. The van der Waals surface area contributed by atoms with E-state index in [0.717, 1.165) is 0 Å². The maximum absolute atomic E-state index is 14.0. The molecule has 3 rings (SSSR count). The van der Waals surface area contributed by atoms with Crippen LogP contribution in [0.15, 0.2) is 25.3 Å². The zero-order valence-electron chi connectivity index (χ0n) is 25.6. The summed E-state index contributed by atoms with van der Waals surface area (Å²) in [6, 6.07) is -2.31. The molecule has 0 unspecified atom stereocenters. The molecule has 4 amide bonds. The first-order valence-electron chi connectivity index (χ1n) is 14.6. The van der Waals surface area contributed by atoms with Crippen LogP contribution in [0.3, 0.4) is 0 Å². The van der Waals surface area contributed by atoms with Crippen molar-refractivity contribution in [1.82, 2.24) is 20.3 Å². The third kappa shape index (κ3) is 8.79. The summed E-state index contributed by atoms with van der Waals surface area (Å²) in [5.74, 6) is -3.18. The fourth-order valence-corrected chi connectivity index (χ4v) is 6.71. The van der Waals surface area contributed by atoms with Crippen molar-refractivity contribution in [3.8, 4) is 0 Å². The monoisotopic (exact) mass is 626 g/mol. The number of alkyl carbamates (subject to hydrolysis) is 1. The van der Waals surface area contributed by atoms with Crippen molar-refractivity contribution < 1.29 is 42.2 Å². The second kappa shape index (κ2) is 13.3. The van der Waals surface area contributed by atoms with Crippen LogP contribution >= 0.6 is 0 Å². The topological polar surface area (TPSA) is 180 Å². The summed E-state index contributed by atoms with van der Waals surface area (Å²) in [6.45, 7) is 16.1. The van der Waals surface area contributed by atoms with Crippen LogP contribution < -0.4 is 15.4 Å². The van der Waals surface area contributed by atoms with Gasteiger partial charge in [0.2, 0.25) is 21.8 Å². The van der Waals surface area contributed by atoms with E-state index < -0.39 is 80.3 Å². The molecule has 2 aliphatic carbocycles. The van der Waals surface area contributed by atoms with Gasteiger partial charge in [-0.3, -0.25) is 19.1 Å². The lowest BCUT2D eigenvalue weighted by Gasteiger charge is -2.33.